The summed E-state index contributed by atoms with van der Waals surface area (Å²) in [6.07, 6.45) is -1.21. The molecular formula is C21H42F3N3. The smallest absolute Gasteiger partial charge is 0.303 e. The number of hydrogen-bond acceptors (Lipinski definition) is 3. The first kappa shape index (κ1) is 24.7. The molecule has 0 N–H and O–H groups in total. The Labute approximate surface area is 165 Å². The summed E-state index contributed by atoms with van der Waals surface area (Å²) in [4.78, 5) is 6.29. The van der Waals surface area contributed by atoms with E-state index in [1.54, 1.807) is 4.90 Å². The Kier molecular flexibility index (Phi) is 10.1. The SMILES string of the molecule is CC.CC.CCCN1CC(C(N2CCC3(CC2)CN(CC)C3)C(F)(F)F)C1. The van der Waals surface area contributed by atoms with Gasteiger partial charge in [-0.2, -0.15) is 13.2 Å². The Hall–Kier alpha value is -0.330. The van der Waals surface area contributed by atoms with Crippen LogP contribution in [0.3, 0.4) is 0 Å². The van der Waals surface area contributed by atoms with E-state index in [9.17, 15) is 13.2 Å². The topological polar surface area (TPSA) is 9.72 Å². The summed E-state index contributed by atoms with van der Waals surface area (Å²) in [5.41, 5.74) is 0.316. The van der Waals surface area contributed by atoms with E-state index in [-0.39, 0.29) is 5.92 Å². The van der Waals surface area contributed by atoms with Crippen molar-refractivity contribution < 1.29 is 13.2 Å². The van der Waals surface area contributed by atoms with Gasteiger partial charge in [0.25, 0.3) is 0 Å². The van der Waals surface area contributed by atoms with Gasteiger partial charge in [0, 0.05) is 32.1 Å². The lowest BCUT2D eigenvalue weighted by Gasteiger charge is -2.56. The van der Waals surface area contributed by atoms with Crippen LogP contribution >= 0.6 is 0 Å². The van der Waals surface area contributed by atoms with Gasteiger partial charge in [0.15, 0.2) is 0 Å². The highest BCUT2D eigenvalue weighted by Gasteiger charge is 2.54. The van der Waals surface area contributed by atoms with Crippen molar-refractivity contribution in [3.63, 3.8) is 0 Å². The first-order valence-corrected chi connectivity index (χ1v) is 11.1. The molecule has 0 aromatic rings. The van der Waals surface area contributed by atoms with Crippen molar-refractivity contribution in [2.24, 2.45) is 11.3 Å². The van der Waals surface area contributed by atoms with Crippen molar-refractivity contribution in [3.8, 4) is 0 Å². The third kappa shape index (κ3) is 6.07. The van der Waals surface area contributed by atoms with Crippen molar-refractivity contribution in [1.29, 1.82) is 0 Å². The van der Waals surface area contributed by atoms with Crippen molar-refractivity contribution in [2.45, 2.75) is 73.0 Å². The van der Waals surface area contributed by atoms with Crippen LogP contribution in [-0.2, 0) is 0 Å². The van der Waals surface area contributed by atoms with E-state index >= 15 is 0 Å². The van der Waals surface area contributed by atoms with Gasteiger partial charge in [-0.15, -0.1) is 0 Å². The summed E-state index contributed by atoms with van der Waals surface area (Å²) in [5, 5.41) is 0. The van der Waals surface area contributed by atoms with Crippen LogP contribution in [0.25, 0.3) is 0 Å². The molecule has 3 nitrogen and oxygen atoms in total. The summed E-state index contributed by atoms with van der Waals surface area (Å²) in [6, 6.07) is -1.23. The van der Waals surface area contributed by atoms with Crippen molar-refractivity contribution in [1.82, 2.24) is 14.7 Å². The van der Waals surface area contributed by atoms with E-state index in [2.05, 4.69) is 23.6 Å². The Morgan fingerprint density at radius 3 is 1.85 bits per heavy atom. The van der Waals surface area contributed by atoms with Crippen LogP contribution in [0.2, 0.25) is 0 Å². The van der Waals surface area contributed by atoms with Crippen LogP contribution < -0.4 is 0 Å². The van der Waals surface area contributed by atoms with E-state index in [4.69, 9.17) is 0 Å². The Morgan fingerprint density at radius 2 is 1.44 bits per heavy atom. The number of halogens is 3. The van der Waals surface area contributed by atoms with E-state index in [1.807, 2.05) is 27.7 Å². The largest absolute Gasteiger partial charge is 0.404 e. The lowest BCUT2D eigenvalue weighted by molar-refractivity contribution is -0.218. The highest BCUT2D eigenvalue weighted by Crippen LogP contribution is 2.43. The van der Waals surface area contributed by atoms with Gasteiger partial charge >= 0.3 is 6.18 Å². The normalized spacial score (nSPS) is 24.8. The van der Waals surface area contributed by atoms with Gasteiger partial charge < -0.3 is 9.80 Å². The Morgan fingerprint density at radius 1 is 0.926 bits per heavy atom. The van der Waals surface area contributed by atoms with Gasteiger partial charge in [-0.25, -0.2) is 0 Å². The molecule has 162 valence electrons. The molecule has 0 radical (unpaired) electrons. The van der Waals surface area contributed by atoms with Crippen LogP contribution in [0.5, 0.6) is 0 Å². The zero-order chi connectivity index (χ0) is 20.7. The van der Waals surface area contributed by atoms with Gasteiger partial charge in [-0.1, -0.05) is 41.5 Å². The first-order valence-electron chi connectivity index (χ1n) is 11.1. The van der Waals surface area contributed by atoms with E-state index in [0.717, 1.165) is 45.4 Å². The minimum atomic E-state index is -4.09. The molecule has 3 aliphatic heterocycles. The monoisotopic (exact) mass is 393 g/mol. The summed E-state index contributed by atoms with van der Waals surface area (Å²) in [6.45, 7) is 18.9. The first-order chi connectivity index (χ1) is 12.9. The summed E-state index contributed by atoms with van der Waals surface area (Å²) in [7, 11) is 0. The number of nitrogens with zero attached hydrogens (tertiary/aromatic N) is 3. The predicted molar refractivity (Wildman–Crippen MR) is 108 cm³/mol. The predicted octanol–water partition coefficient (Wildman–Crippen LogP) is 4.73. The molecule has 1 spiro atoms. The second kappa shape index (κ2) is 11.0. The lowest BCUT2D eigenvalue weighted by Crippen LogP contribution is -2.65. The molecule has 0 bridgehead atoms. The minimum Gasteiger partial charge on any atom is -0.303 e. The van der Waals surface area contributed by atoms with Gasteiger partial charge in [0.05, 0.1) is 0 Å². The number of alkyl halides is 3. The highest BCUT2D eigenvalue weighted by molar-refractivity contribution is 5.01. The minimum absolute atomic E-state index is 0.232. The molecule has 3 fully saturated rings. The van der Waals surface area contributed by atoms with Crippen LogP contribution in [-0.4, -0.2) is 79.3 Å². The Balaban J connectivity index is 0.000000855. The highest BCUT2D eigenvalue weighted by atomic mass is 19.4. The molecule has 3 rings (SSSR count). The molecule has 0 aromatic carbocycles. The zero-order valence-corrected chi connectivity index (χ0v) is 18.4. The quantitative estimate of drug-likeness (QED) is 0.669. The molecule has 1 atom stereocenters. The summed E-state index contributed by atoms with van der Waals surface area (Å²) in [5.74, 6) is -0.232. The fraction of sp³-hybridized carbons (Fsp3) is 1.00. The third-order valence-corrected chi connectivity index (χ3v) is 6.12. The third-order valence-electron chi connectivity index (χ3n) is 6.12. The second-order valence-corrected chi connectivity index (χ2v) is 7.85. The molecule has 6 heteroatoms. The van der Waals surface area contributed by atoms with Crippen molar-refractivity contribution >= 4 is 0 Å². The van der Waals surface area contributed by atoms with Crippen LogP contribution in [0.4, 0.5) is 13.2 Å². The van der Waals surface area contributed by atoms with Crippen molar-refractivity contribution in [3.05, 3.63) is 0 Å². The van der Waals surface area contributed by atoms with Gasteiger partial charge in [-0.05, 0) is 50.9 Å². The number of rotatable bonds is 5. The second-order valence-electron chi connectivity index (χ2n) is 7.85. The summed E-state index contributed by atoms with van der Waals surface area (Å²) < 4.78 is 40.9. The average Bonchev–Trinajstić information content (AvgIpc) is 2.61. The maximum atomic E-state index is 13.6. The molecule has 3 aliphatic rings. The molecule has 0 aromatic heterocycles. The van der Waals surface area contributed by atoms with Gasteiger partial charge in [0.2, 0.25) is 0 Å². The van der Waals surface area contributed by atoms with Crippen molar-refractivity contribution in [2.75, 3.05) is 52.4 Å². The standard InChI is InChI=1S/C17H30F3N3.2C2H6/c1-3-7-22-10-14(11-22)15(17(18,19)20)23-8-5-16(6-9-23)12-21(4-2)13-16;2*1-2/h14-15H,3-13H2,1-2H3;2*1-2H3. The lowest BCUT2D eigenvalue weighted by atomic mass is 9.71. The van der Waals surface area contributed by atoms with Gasteiger partial charge in [0.1, 0.15) is 6.04 Å². The van der Waals surface area contributed by atoms with Crippen LogP contribution in [0.15, 0.2) is 0 Å². The van der Waals surface area contributed by atoms with Crippen LogP contribution in [0, 0.1) is 11.3 Å². The molecule has 0 saturated carbocycles. The van der Waals surface area contributed by atoms with E-state index in [1.165, 1.54) is 0 Å². The molecule has 27 heavy (non-hydrogen) atoms. The van der Waals surface area contributed by atoms with Crippen LogP contribution in [0.1, 0.15) is 60.8 Å². The molecule has 0 aliphatic carbocycles. The molecule has 3 heterocycles. The number of hydrogen-bond donors (Lipinski definition) is 0. The average molecular weight is 394 g/mol. The molecular weight excluding hydrogens is 351 g/mol. The van der Waals surface area contributed by atoms with Gasteiger partial charge in [-0.3, -0.25) is 4.90 Å². The zero-order valence-electron chi connectivity index (χ0n) is 18.4. The molecule has 0 amide bonds. The molecule has 1 unspecified atom stereocenters. The molecule has 3 saturated heterocycles. The number of likely N-dealkylation sites (tertiary alicyclic amines) is 3. The van der Waals surface area contributed by atoms with E-state index in [0.29, 0.717) is 31.6 Å². The van der Waals surface area contributed by atoms with E-state index < -0.39 is 12.2 Å². The Bertz CT molecular complexity index is 392. The number of piperidine rings is 1. The fourth-order valence-electron chi connectivity index (χ4n) is 4.80. The fourth-order valence-corrected chi connectivity index (χ4v) is 4.80. The maximum absolute atomic E-state index is 13.6. The maximum Gasteiger partial charge on any atom is 0.404 e. The summed E-state index contributed by atoms with van der Waals surface area (Å²) >= 11 is 0.